The molecule has 0 aliphatic rings. The molecule has 0 bridgehead atoms. The van der Waals surface area contributed by atoms with Crippen molar-refractivity contribution in [1.82, 2.24) is 5.32 Å². The summed E-state index contributed by atoms with van der Waals surface area (Å²) in [5.41, 5.74) is 0.841. The number of halogens is 3. The van der Waals surface area contributed by atoms with Crippen LogP contribution in [0.4, 0.5) is 8.78 Å². The first-order valence-electron chi connectivity index (χ1n) is 7.64. The Hall–Kier alpha value is -2.67. The van der Waals surface area contributed by atoms with Crippen LogP contribution in [0.2, 0.25) is 5.02 Å². The van der Waals surface area contributed by atoms with Crippen molar-refractivity contribution >= 4 is 23.5 Å². The minimum atomic E-state index is -2.95. The lowest BCUT2D eigenvalue weighted by atomic mass is 10.2. The van der Waals surface area contributed by atoms with Gasteiger partial charge in [0.1, 0.15) is 5.75 Å². The molecule has 2 aromatic rings. The fraction of sp³-hybridized carbons (Fsp3) is 0.222. The number of esters is 1. The second-order valence-corrected chi connectivity index (χ2v) is 5.67. The first-order chi connectivity index (χ1) is 12.4. The third-order valence-corrected chi connectivity index (χ3v) is 3.75. The standard InChI is InChI=1S/C18H16ClF2NO4/c1-11(16(23)22-10-13-4-2-3-5-15(13)19)25-17(24)12-6-8-14(9-7-12)26-18(20)21/h2-9,11,18H,10H2,1H3,(H,22,23)/t11-/m0/s1. The van der Waals surface area contributed by atoms with Crippen molar-refractivity contribution in [2.24, 2.45) is 0 Å². The lowest BCUT2D eigenvalue weighted by molar-refractivity contribution is -0.129. The molecule has 1 amide bonds. The summed E-state index contributed by atoms with van der Waals surface area (Å²) in [7, 11) is 0. The number of carbonyl (C=O) groups excluding carboxylic acids is 2. The number of amides is 1. The summed E-state index contributed by atoms with van der Waals surface area (Å²) < 4.78 is 33.4. The van der Waals surface area contributed by atoms with Crippen molar-refractivity contribution in [1.29, 1.82) is 0 Å². The van der Waals surface area contributed by atoms with Gasteiger partial charge in [-0.15, -0.1) is 0 Å². The molecule has 0 fully saturated rings. The Morgan fingerprint density at radius 2 is 1.77 bits per heavy atom. The van der Waals surface area contributed by atoms with E-state index in [1.54, 1.807) is 24.3 Å². The van der Waals surface area contributed by atoms with Gasteiger partial charge in [0.05, 0.1) is 5.56 Å². The zero-order valence-electron chi connectivity index (χ0n) is 13.7. The van der Waals surface area contributed by atoms with E-state index >= 15 is 0 Å². The van der Waals surface area contributed by atoms with Gasteiger partial charge >= 0.3 is 12.6 Å². The van der Waals surface area contributed by atoms with Gasteiger partial charge in [0.15, 0.2) is 6.10 Å². The Labute approximate surface area is 153 Å². The van der Waals surface area contributed by atoms with Gasteiger partial charge in [-0.1, -0.05) is 29.8 Å². The van der Waals surface area contributed by atoms with E-state index in [4.69, 9.17) is 16.3 Å². The van der Waals surface area contributed by atoms with Gasteiger partial charge in [-0.2, -0.15) is 8.78 Å². The van der Waals surface area contributed by atoms with E-state index in [-0.39, 0.29) is 17.9 Å². The highest BCUT2D eigenvalue weighted by Gasteiger charge is 2.19. The van der Waals surface area contributed by atoms with E-state index in [2.05, 4.69) is 10.1 Å². The van der Waals surface area contributed by atoms with Crippen LogP contribution in [-0.2, 0) is 16.1 Å². The van der Waals surface area contributed by atoms with Gasteiger partial charge < -0.3 is 14.8 Å². The highest BCUT2D eigenvalue weighted by molar-refractivity contribution is 6.31. The normalized spacial score (nSPS) is 11.7. The number of hydrogen-bond donors (Lipinski definition) is 1. The van der Waals surface area contributed by atoms with E-state index in [0.717, 1.165) is 5.56 Å². The predicted molar refractivity (Wildman–Crippen MR) is 91.3 cm³/mol. The summed E-state index contributed by atoms with van der Waals surface area (Å²) in [5, 5.41) is 3.14. The van der Waals surface area contributed by atoms with Crippen LogP contribution in [0.25, 0.3) is 0 Å². The van der Waals surface area contributed by atoms with Gasteiger partial charge in [0.25, 0.3) is 5.91 Å². The van der Waals surface area contributed by atoms with Crippen LogP contribution >= 0.6 is 11.6 Å². The van der Waals surface area contributed by atoms with Crippen LogP contribution in [0.15, 0.2) is 48.5 Å². The number of nitrogens with one attached hydrogen (secondary N) is 1. The fourth-order valence-electron chi connectivity index (χ4n) is 2.02. The molecule has 0 heterocycles. The van der Waals surface area contributed by atoms with E-state index in [1.165, 1.54) is 31.2 Å². The van der Waals surface area contributed by atoms with Gasteiger partial charge in [0, 0.05) is 11.6 Å². The molecule has 138 valence electrons. The monoisotopic (exact) mass is 383 g/mol. The van der Waals surface area contributed by atoms with Gasteiger partial charge in [-0.25, -0.2) is 4.79 Å². The molecule has 8 heteroatoms. The fourth-order valence-corrected chi connectivity index (χ4v) is 2.22. The summed E-state index contributed by atoms with van der Waals surface area (Å²) in [4.78, 5) is 24.0. The molecule has 1 N–H and O–H groups in total. The highest BCUT2D eigenvalue weighted by Crippen LogP contribution is 2.16. The first-order valence-corrected chi connectivity index (χ1v) is 8.01. The van der Waals surface area contributed by atoms with E-state index in [9.17, 15) is 18.4 Å². The molecular formula is C18H16ClF2NO4. The molecule has 1 atom stereocenters. The summed E-state index contributed by atoms with van der Waals surface area (Å²) in [5.74, 6) is -1.33. The molecule has 0 saturated heterocycles. The summed E-state index contributed by atoms with van der Waals surface area (Å²) in [6.45, 7) is -1.33. The second kappa shape index (κ2) is 9.15. The molecule has 2 rings (SSSR count). The number of benzene rings is 2. The molecule has 0 radical (unpaired) electrons. The summed E-state index contributed by atoms with van der Waals surface area (Å²) in [6, 6.07) is 12.0. The van der Waals surface area contributed by atoms with Crippen LogP contribution in [-0.4, -0.2) is 24.6 Å². The minimum absolute atomic E-state index is 0.0814. The van der Waals surface area contributed by atoms with Crippen molar-refractivity contribution in [3.05, 3.63) is 64.7 Å². The molecule has 26 heavy (non-hydrogen) atoms. The van der Waals surface area contributed by atoms with Gasteiger partial charge in [0.2, 0.25) is 0 Å². The molecule has 0 saturated carbocycles. The van der Waals surface area contributed by atoms with E-state index < -0.39 is 24.6 Å². The minimum Gasteiger partial charge on any atom is -0.449 e. The molecule has 2 aromatic carbocycles. The molecule has 0 aliphatic carbocycles. The third-order valence-electron chi connectivity index (χ3n) is 3.38. The average Bonchev–Trinajstić information content (AvgIpc) is 2.60. The second-order valence-electron chi connectivity index (χ2n) is 5.26. The SMILES string of the molecule is C[C@H](OC(=O)c1ccc(OC(F)F)cc1)C(=O)NCc1ccccc1Cl. The van der Waals surface area contributed by atoms with Crippen molar-refractivity contribution < 1.29 is 27.8 Å². The van der Waals surface area contributed by atoms with Crippen molar-refractivity contribution in [2.75, 3.05) is 0 Å². The van der Waals surface area contributed by atoms with Crippen LogP contribution in [0.1, 0.15) is 22.8 Å². The maximum absolute atomic E-state index is 12.1. The first kappa shape index (κ1) is 19.7. The zero-order valence-corrected chi connectivity index (χ0v) is 14.5. The number of hydrogen-bond acceptors (Lipinski definition) is 4. The molecular weight excluding hydrogens is 368 g/mol. The van der Waals surface area contributed by atoms with E-state index in [0.29, 0.717) is 5.02 Å². The van der Waals surface area contributed by atoms with Crippen LogP contribution in [0.3, 0.4) is 0 Å². The topological polar surface area (TPSA) is 64.6 Å². The summed E-state index contributed by atoms with van der Waals surface area (Å²) >= 11 is 6.00. The van der Waals surface area contributed by atoms with Crippen molar-refractivity contribution in [3.8, 4) is 5.75 Å². The van der Waals surface area contributed by atoms with Crippen LogP contribution in [0.5, 0.6) is 5.75 Å². The molecule has 0 aliphatic heterocycles. The Morgan fingerprint density at radius 1 is 1.12 bits per heavy atom. The maximum atomic E-state index is 12.1. The Morgan fingerprint density at radius 3 is 2.38 bits per heavy atom. The molecule has 0 spiro atoms. The molecule has 0 aromatic heterocycles. The Bertz CT molecular complexity index is 768. The Kier molecular flexibility index (Phi) is 6.91. The van der Waals surface area contributed by atoms with Gasteiger partial charge in [-0.3, -0.25) is 4.79 Å². The average molecular weight is 384 g/mol. The van der Waals surface area contributed by atoms with E-state index in [1.807, 2.05) is 0 Å². The lowest BCUT2D eigenvalue weighted by Crippen LogP contribution is -2.35. The largest absolute Gasteiger partial charge is 0.449 e. The van der Waals surface area contributed by atoms with Crippen LogP contribution < -0.4 is 10.1 Å². The molecule has 0 unspecified atom stereocenters. The van der Waals surface area contributed by atoms with Gasteiger partial charge in [-0.05, 0) is 42.8 Å². The van der Waals surface area contributed by atoms with Crippen molar-refractivity contribution in [2.45, 2.75) is 26.2 Å². The highest BCUT2D eigenvalue weighted by atomic mass is 35.5. The molecule has 5 nitrogen and oxygen atoms in total. The smallest absolute Gasteiger partial charge is 0.387 e. The predicted octanol–water partition coefficient (Wildman–Crippen LogP) is 3.80. The quantitative estimate of drug-likeness (QED) is 0.738. The number of ether oxygens (including phenoxy) is 2. The number of carbonyl (C=O) groups is 2. The lowest BCUT2D eigenvalue weighted by Gasteiger charge is -2.14. The Balaban J connectivity index is 1.87. The van der Waals surface area contributed by atoms with Crippen molar-refractivity contribution in [3.63, 3.8) is 0 Å². The maximum Gasteiger partial charge on any atom is 0.387 e. The van der Waals surface area contributed by atoms with Crippen LogP contribution in [0, 0.1) is 0 Å². The number of alkyl halides is 2. The number of rotatable bonds is 7. The summed E-state index contributed by atoms with van der Waals surface area (Å²) in [6.07, 6.45) is -1.04. The third kappa shape index (κ3) is 5.70. The zero-order chi connectivity index (χ0) is 19.1.